The number of rotatable bonds is 36. The van der Waals surface area contributed by atoms with Gasteiger partial charge >= 0.3 is 0 Å². The highest BCUT2D eigenvalue weighted by atomic mass is 16.5. The predicted octanol–water partition coefficient (Wildman–Crippen LogP) is 20.3. The number of hydrogen-bond donors (Lipinski definition) is 2. The molecule has 422 valence electrons. The van der Waals surface area contributed by atoms with Gasteiger partial charge in [0.25, 0.3) is 0 Å². The third-order valence-corrected chi connectivity index (χ3v) is 15.4. The Balaban J connectivity index is 1.07. The Morgan fingerprint density at radius 3 is 1.00 bits per heavy atom. The SMILES string of the molecule is CCCCCCCCCCCCCCCCOc1cc(C#Cc2ccc(/C(=C3\C=CC=N3)c3ccc(C)[nH]3)cc2)c(C#Cc2ccc(/C(=C3\C=CC=N3)c3ccc(C)[nH]3)cc2)cc1OCCCCCCCCCCCCCCCC. The molecule has 6 nitrogen and oxygen atoms in total. The fourth-order valence-electron chi connectivity index (χ4n) is 10.7. The Morgan fingerprint density at radius 1 is 0.388 bits per heavy atom. The van der Waals surface area contributed by atoms with E-state index in [2.05, 4.69) is 168 Å². The van der Waals surface area contributed by atoms with E-state index in [-0.39, 0.29) is 0 Å². The van der Waals surface area contributed by atoms with Gasteiger partial charge < -0.3 is 19.4 Å². The second-order valence-corrected chi connectivity index (χ2v) is 22.3. The molecule has 2 aliphatic heterocycles. The number of aromatic nitrogens is 2. The van der Waals surface area contributed by atoms with E-state index in [0.717, 1.165) is 116 Å². The van der Waals surface area contributed by atoms with Crippen LogP contribution in [-0.4, -0.2) is 35.6 Å². The van der Waals surface area contributed by atoms with Crippen LogP contribution in [0.5, 0.6) is 11.5 Å². The van der Waals surface area contributed by atoms with Crippen LogP contribution >= 0.6 is 0 Å². The summed E-state index contributed by atoms with van der Waals surface area (Å²) in [5, 5.41) is 0. The number of allylic oxidation sites excluding steroid dienone is 4. The van der Waals surface area contributed by atoms with Gasteiger partial charge in [-0.25, -0.2) is 0 Å². The molecule has 0 saturated heterocycles. The molecule has 2 aromatic heterocycles. The smallest absolute Gasteiger partial charge is 0.162 e. The Labute approximate surface area is 483 Å². The molecule has 2 aliphatic rings. The standard InChI is InChI=1S/C74H94N4O2/c1-5-7-9-11-13-15-17-19-21-23-25-27-29-31-55-79-71-57-65(49-43-61-39-45-63(46-40-61)73(67-35-33-53-75-67)69-51-37-59(3)77-69)66(58-72(71)80-56-32-30-28-26-24-22-20-18-16-14-12-10-8-6-2)50-44-62-41-47-64(48-42-62)74(68-36-34-54-76-68)70-52-38-60(4)78-70/h33-42,45-48,51-54,57-58,77-78H,5-32,55-56H2,1-4H3/b73-67-,74-68-. The summed E-state index contributed by atoms with van der Waals surface area (Å²) in [5.41, 5.74) is 13.9. The van der Waals surface area contributed by atoms with E-state index in [9.17, 15) is 0 Å². The molecule has 3 aromatic carbocycles. The molecule has 5 aromatic rings. The Hall–Kier alpha value is -6.76. The predicted molar refractivity (Wildman–Crippen MR) is 341 cm³/mol. The van der Waals surface area contributed by atoms with Crippen LogP contribution in [0.4, 0.5) is 0 Å². The zero-order valence-electron chi connectivity index (χ0n) is 49.5. The molecule has 0 atom stereocenters. The van der Waals surface area contributed by atoms with Crippen molar-refractivity contribution in [1.29, 1.82) is 0 Å². The molecule has 0 spiro atoms. The van der Waals surface area contributed by atoms with Crippen molar-refractivity contribution in [1.82, 2.24) is 9.97 Å². The molecular weight excluding hydrogens is 977 g/mol. The zero-order chi connectivity index (χ0) is 55.7. The number of nitrogens with one attached hydrogen (secondary N) is 2. The molecule has 0 amide bonds. The van der Waals surface area contributed by atoms with Crippen molar-refractivity contribution in [3.63, 3.8) is 0 Å². The largest absolute Gasteiger partial charge is 0.490 e. The van der Waals surface area contributed by atoms with Gasteiger partial charge in [-0.05, 0) is 111 Å². The molecule has 0 bridgehead atoms. The lowest BCUT2D eigenvalue weighted by Crippen LogP contribution is -2.04. The van der Waals surface area contributed by atoms with E-state index in [1.54, 1.807) is 0 Å². The molecule has 6 heteroatoms. The molecule has 0 unspecified atom stereocenters. The average molecular weight is 1070 g/mol. The van der Waals surface area contributed by atoms with Gasteiger partial charge in [-0.3, -0.25) is 9.98 Å². The van der Waals surface area contributed by atoms with Crippen molar-refractivity contribution in [3.05, 3.63) is 177 Å². The molecular formula is C74H94N4O2. The number of aryl methyl sites for hydroxylation is 2. The lowest BCUT2D eigenvalue weighted by Gasteiger charge is -2.15. The number of ether oxygens (including phenoxy) is 2. The monoisotopic (exact) mass is 1070 g/mol. The van der Waals surface area contributed by atoms with Gasteiger partial charge in [0.05, 0.1) is 24.6 Å². The molecule has 0 radical (unpaired) electrons. The molecule has 0 fully saturated rings. The Kier molecular flexibility index (Phi) is 27.2. The first-order valence-corrected chi connectivity index (χ1v) is 31.4. The number of nitrogens with zero attached hydrogens (tertiary/aromatic N) is 2. The maximum absolute atomic E-state index is 6.69. The van der Waals surface area contributed by atoms with Gasteiger partial charge in [0.1, 0.15) is 0 Å². The summed E-state index contributed by atoms with van der Waals surface area (Å²) in [5.74, 6) is 15.6. The summed E-state index contributed by atoms with van der Waals surface area (Å²) in [6.07, 6.45) is 48.8. The number of H-pyrrole nitrogens is 2. The van der Waals surface area contributed by atoms with Crippen molar-refractivity contribution >= 4 is 23.6 Å². The van der Waals surface area contributed by atoms with Gasteiger partial charge in [0, 0.05) is 80.7 Å². The first-order chi connectivity index (χ1) is 39.5. The lowest BCUT2D eigenvalue weighted by atomic mass is 9.99. The van der Waals surface area contributed by atoms with Crippen LogP contribution in [-0.2, 0) is 0 Å². The molecule has 80 heavy (non-hydrogen) atoms. The summed E-state index contributed by atoms with van der Waals surface area (Å²) in [4.78, 5) is 16.4. The maximum Gasteiger partial charge on any atom is 0.162 e. The second kappa shape index (κ2) is 35.8. The van der Waals surface area contributed by atoms with Crippen LogP contribution < -0.4 is 9.47 Å². The minimum Gasteiger partial charge on any atom is -0.490 e. The second-order valence-electron chi connectivity index (χ2n) is 22.3. The van der Waals surface area contributed by atoms with Gasteiger partial charge in [0.15, 0.2) is 11.5 Å². The van der Waals surface area contributed by atoms with Crippen molar-refractivity contribution in [2.24, 2.45) is 9.98 Å². The summed E-state index contributed by atoms with van der Waals surface area (Å²) < 4.78 is 13.4. The quantitative estimate of drug-likeness (QED) is 0.0310. The molecule has 0 saturated carbocycles. The first-order valence-electron chi connectivity index (χ1n) is 31.4. The maximum atomic E-state index is 6.69. The number of unbranched alkanes of at least 4 members (excludes halogenated alkanes) is 26. The van der Waals surface area contributed by atoms with Crippen molar-refractivity contribution in [3.8, 4) is 35.2 Å². The van der Waals surface area contributed by atoms with Gasteiger partial charge in [-0.15, -0.1) is 0 Å². The first kappa shape index (κ1) is 60.9. The highest BCUT2D eigenvalue weighted by molar-refractivity contribution is 5.89. The van der Waals surface area contributed by atoms with Crippen LogP contribution in [0.25, 0.3) is 11.1 Å². The average Bonchev–Trinajstić information content (AvgIpc) is 4.35. The number of hydrogen-bond acceptors (Lipinski definition) is 4. The Bertz CT molecular complexity index is 2720. The molecule has 7 rings (SSSR count). The Morgan fingerprint density at radius 2 is 0.713 bits per heavy atom. The third kappa shape index (κ3) is 21.0. The van der Waals surface area contributed by atoms with Crippen LogP contribution in [0.2, 0.25) is 0 Å². The molecule has 2 N–H and O–H groups in total. The normalized spacial score (nSPS) is 13.7. The summed E-state index contributed by atoms with van der Waals surface area (Å²) in [6, 6.07) is 29.6. The zero-order valence-corrected chi connectivity index (χ0v) is 49.5. The van der Waals surface area contributed by atoms with E-state index in [4.69, 9.17) is 9.47 Å². The van der Waals surface area contributed by atoms with Crippen molar-refractivity contribution in [2.45, 2.75) is 207 Å². The molecule has 4 heterocycles. The lowest BCUT2D eigenvalue weighted by molar-refractivity contribution is 0.258. The minimum absolute atomic E-state index is 0.637. The number of aliphatic imine (C=N–C) groups is 2. The number of benzene rings is 3. The minimum atomic E-state index is 0.637. The summed E-state index contributed by atoms with van der Waals surface area (Å²) >= 11 is 0. The number of aromatic amines is 2. The van der Waals surface area contributed by atoms with Crippen LogP contribution in [0.1, 0.15) is 250 Å². The topological polar surface area (TPSA) is 74.8 Å². The van der Waals surface area contributed by atoms with E-state index < -0.39 is 0 Å². The fraction of sp³-hybridized carbons (Fsp3) is 0.459. The van der Waals surface area contributed by atoms with Gasteiger partial charge in [0.2, 0.25) is 0 Å². The summed E-state index contributed by atoms with van der Waals surface area (Å²) in [7, 11) is 0. The van der Waals surface area contributed by atoms with E-state index in [1.807, 2.05) is 24.6 Å². The van der Waals surface area contributed by atoms with Gasteiger partial charge in [-0.1, -0.05) is 229 Å². The highest BCUT2D eigenvalue weighted by Gasteiger charge is 2.16. The third-order valence-electron chi connectivity index (χ3n) is 15.4. The van der Waals surface area contributed by atoms with Crippen LogP contribution in [0.15, 0.2) is 131 Å². The fourth-order valence-corrected chi connectivity index (χ4v) is 10.7. The van der Waals surface area contributed by atoms with E-state index in [0.29, 0.717) is 13.2 Å². The molecule has 0 aliphatic carbocycles. The van der Waals surface area contributed by atoms with Crippen molar-refractivity contribution in [2.75, 3.05) is 13.2 Å². The van der Waals surface area contributed by atoms with E-state index >= 15 is 0 Å². The highest BCUT2D eigenvalue weighted by Crippen LogP contribution is 2.34. The van der Waals surface area contributed by atoms with Crippen LogP contribution in [0.3, 0.4) is 0 Å². The van der Waals surface area contributed by atoms with Crippen molar-refractivity contribution < 1.29 is 9.47 Å². The van der Waals surface area contributed by atoms with Gasteiger partial charge in [-0.2, -0.15) is 0 Å². The summed E-state index contributed by atoms with van der Waals surface area (Å²) in [6.45, 7) is 10.0. The van der Waals surface area contributed by atoms with Crippen LogP contribution in [0, 0.1) is 37.5 Å². The van der Waals surface area contributed by atoms with E-state index in [1.165, 1.54) is 154 Å².